The van der Waals surface area contributed by atoms with E-state index in [-0.39, 0.29) is 17.1 Å². The predicted octanol–water partition coefficient (Wildman–Crippen LogP) is 3.02. The molecule has 0 amide bonds. The molecule has 0 aliphatic carbocycles. The predicted molar refractivity (Wildman–Crippen MR) is 116 cm³/mol. The summed E-state index contributed by atoms with van der Waals surface area (Å²) in [6.45, 7) is 5.77. The summed E-state index contributed by atoms with van der Waals surface area (Å²) in [6.07, 6.45) is 4.68. The smallest absolute Gasteiger partial charge is 0.287 e. The van der Waals surface area contributed by atoms with Gasteiger partial charge in [-0.25, -0.2) is 18.1 Å². The van der Waals surface area contributed by atoms with Gasteiger partial charge in [0.05, 0.1) is 5.52 Å². The average molecular weight is 435 g/mol. The summed E-state index contributed by atoms with van der Waals surface area (Å²) in [5.74, 6) is 3.27. The zero-order chi connectivity index (χ0) is 23.0. The van der Waals surface area contributed by atoms with Gasteiger partial charge >= 0.3 is 5.69 Å². The molecule has 9 heteroatoms. The van der Waals surface area contributed by atoms with E-state index < -0.39 is 28.6 Å². The van der Waals surface area contributed by atoms with Gasteiger partial charge in [0.2, 0.25) is 0 Å². The lowest BCUT2D eigenvalue weighted by molar-refractivity contribution is 0.536. The Balaban J connectivity index is 1.94. The Bertz CT molecular complexity index is 1480. The minimum Gasteiger partial charge on any atom is -0.287 e. The van der Waals surface area contributed by atoms with Crippen LogP contribution in [0.4, 0.5) is 8.78 Å². The Hall–Kier alpha value is -4.06. The normalized spacial score (nSPS) is 11.1. The number of aryl methyl sites for hydroxylation is 1. The highest BCUT2D eigenvalue weighted by molar-refractivity contribution is 5.73. The molecule has 0 fully saturated rings. The van der Waals surface area contributed by atoms with Gasteiger partial charge in [0.15, 0.2) is 17.2 Å². The molecule has 0 radical (unpaired) electrons. The molecule has 0 atom stereocenters. The molecule has 0 spiro atoms. The molecular formula is C23H19F2N5O2. The standard InChI is InChI=1S/C23H19F2N5O2/c1-4-28-13-19-20(27-28)22(31)30(23(32)29(19)14(2)3)21-17(24)10-16(11-18(21)25)8-7-15-6-5-9-26-12-15/h5-6,9-14H,4H2,1-3H3. The van der Waals surface area contributed by atoms with Crippen LogP contribution in [0.2, 0.25) is 0 Å². The SMILES string of the molecule is CCn1cc2c(n1)c(=O)n(-c1c(F)cc(C#Cc3cccnc3)cc1F)c(=O)n2C(C)C. The first-order valence-corrected chi connectivity index (χ1v) is 9.98. The van der Waals surface area contributed by atoms with E-state index in [9.17, 15) is 9.59 Å². The van der Waals surface area contributed by atoms with Gasteiger partial charge in [-0.15, -0.1) is 0 Å². The van der Waals surface area contributed by atoms with Gasteiger partial charge in [-0.1, -0.05) is 11.8 Å². The average Bonchev–Trinajstić information content (AvgIpc) is 3.19. The zero-order valence-electron chi connectivity index (χ0n) is 17.6. The van der Waals surface area contributed by atoms with Crippen LogP contribution in [-0.2, 0) is 6.54 Å². The maximum absolute atomic E-state index is 15.0. The minimum absolute atomic E-state index is 0.0422. The highest BCUT2D eigenvalue weighted by Crippen LogP contribution is 2.19. The molecule has 3 heterocycles. The highest BCUT2D eigenvalue weighted by atomic mass is 19.1. The van der Waals surface area contributed by atoms with Crippen molar-refractivity contribution in [2.24, 2.45) is 0 Å². The van der Waals surface area contributed by atoms with Crippen molar-refractivity contribution in [1.29, 1.82) is 0 Å². The topological polar surface area (TPSA) is 74.7 Å². The molecule has 0 aliphatic rings. The molecule has 4 aromatic rings. The number of nitrogens with zero attached hydrogens (tertiary/aromatic N) is 5. The summed E-state index contributed by atoms with van der Waals surface area (Å²) in [6, 6.07) is 5.00. The lowest BCUT2D eigenvalue weighted by atomic mass is 10.1. The number of hydrogen-bond donors (Lipinski definition) is 0. The highest BCUT2D eigenvalue weighted by Gasteiger charge is 2.23. The first-order valence-electron chi connectivity index (χ1n) is 9.98. The van der Waals surface area contributed by atoms with Gasteiger partial charge in [-0.3, -0.25) is 19.0 Å². The van der Waals surface area contributed by atoms with Crippen LogP contribution in [0.25, 0.3) is 16.7 Å². The van der Waals surface area contributed by atoms with Crippen molar-refractivity contribution in [3.63, 3.8) is 0 Å². The van der Waals surface area contributed by atoms with Gasteiger partial charge in [-0.05, 0) is 45.0 Å². The lowest BCUT2D eigenvalue weighted by Gasteiger charge is -2.15. The third-order valence-electron chi connectivity index (χ3n) is 4.90. The molecular weight excluding hydrogens is 416 g/mol. The Morgan fingerprint density at radius 1 is 1.09 bits per heavy atom. The fraction of sp³-hybridized carbons (Fsp3) is 0.217. The van der Waals surface area contributed by atoms with Crippen molar-refractivity contribution < 1.29 is 8.78 Å². The molecule has 0 aliphatic heterocycles. The van der Waals surface area contributed by atoms with Crippen molar-refractivity contribution in [1.82, 2.24) is 23.9 Å². The van der Waals surface area contributed by atoms with Crippen LogP contribution in [0.5, 0.6) is 0 Å². The second-order valence-corrected chi connectivity index (χ2v) is 7.39. The summed E-state index contributed by atoms with van der Waals surface area (Å²) in [5, 5.41) is 4.19. The van der Waals surface area contributed by atoms with Gasteiger partial charge in [0.1, 0.15) is 5.69 Å². The molecule has 32 heavy (non-hydrogen) atoms. The van der Waals surface area contributed by atoms with E-state index in [1.165, 1.54) is 15.4 Å². The van der Waals surface area contributed by atoms with E-state index in [2.05, 4.69) is 21.9 Å². The molecule has 4 rings (SSSR count). The van der Waals surface area contributed by atoms with Crippen LogP contribution < -0.4 is 11.2 Å². The van der Waals surface area contributed by atoms with Crippen LogP contribution in [0.3, 0.4) is 0 Å². The zero-order valence-corrected chi connectivity index (χ0v) is 17.6. The van der Waals surface area contributed by atoms with Crippen LogP contribution >= 0.6 is 0 Å². The molecule has 0 N–H and O–H groups in total. The monoisotopic (exact) mass is 435 g/mol. The van der Waals surface area contributed by atoms with Crippen LogP contribution in [0.1, 0.15) is 37.9 Å². The van der Waals surface area contributed by atoms with Crippen LogP contribution in [0, 0.1) is 23.5 Å². The second-order valence-electron chi connectivity index (χ2n) is 7.39. The summed E-state index contributed by atoms with van der Waals surface area (Å²) < 4.78 is 33.4. The van der Waals surface area contributed by atoms with Crippen molar-refractivity contribution in [3.8, 4) is 17.5 Å². The summed E-state index contributed by atoms with van der Waals surface area (Å²) in [7, 11) is 0. The summed E-state index contributed by atoms with van der Waals surface area (Å²) >= 11 is 0. The van der Waals surface area contributed by atoms with E-state index in [0.717, 1.165) is 12.1 Å². The number of halogens is 2. The number of rotatable bonds is 3. The number of hydrogen-bond acceptors (Lipinski definition) is 4. The molecule has 7 nitrogen and oxygen atoms in total. The third kappa shape index (κ3) is 3.60. The van der Waals surface area contributed by atoms with Crippen molar-refractivity contribution in [3.05, 3.63) is 86.5 Å². The molecule has 1 aromatic carbocycles. The van der Waals surface area contributed by atoms with Crippen LogP contribution in [0.15, 0.2) is 52.4 Å². The van der Waals surface area contributed by atoms with E-state index >= 15 is 8.78 Å². The van der Waals surface area contributed by atoms with Crippen molar-refractivity contribution >= 4 is 11.0 Å². The van der Waals surface area contributed by atoms with Crippen molar-refractivity contribution in [2.45, 2.75) is 33.4 Å². The maximum atomic E-state index is 15.0. The van der Waals surface area contributed by atoms with Gasteiger partial charge in [-0.2, -0.15) is 5.10 Å². The molecule has 0 bridgehead atoms. The molecule has 3 aromatic heterocycles. The Morgan fingerprint density at radius 2 is 1.78 bits per heavy atom. The quantitative estimate of drug-likeness (QED) is 0.464. The maximum Gasteiger partial charge on any atom is 0.336 e. The Labute approximate surface area is 181 Å². The Kier molecular flexibility index (Phi) is 5.45. The third-order valence-corrected chi connectivity index (χ3v) is 4.90. The minimum atomic E-state index is -1.08. The number of pyridine rings is 1. The van der Waals surface area contributed by atoms with Crippen LogP contribution in [-0.4, -0.2) is 23.9 Å². The molecule has 162 valence electrons. The molecule has 0 saturated heterocycles. The van der Waals surface area contributed by atoms with Gasteiger partial charge in [0.25, 0.3) is 5.56 Å². The van der Waals surface area contributed by atoms with E-state index in [4.69, 9.17) is 0 Å². The first-order chi connectivity index (χ1) is 15.3. The first kappa shape index (κ1) is 21.2. The Morgan fingerprint density at radius 3 is 2.38 bits per heavy atom. The second kappa shape index (κ2) is 8.23. The fourth-order valence-electron chi connectivity index (χ4n) is 3.43. The van der Waals surface area contributed by atoms with Gasteiger partial charge in [0, 0.05) is 42.3 Å². The summed E-state index contributed by atoms with van der Waals surface area (Å²) in [4.78, 5) is 30.2. The lowest BCUT2D eigenvalue weighted by Crippen LogP contribution is -2.40. The number of fused-ring (bicyclic) bond motifs is 1. The van der Waals surface area contributed by atoms with E-state index in [1.54, 1.807) is 38.4 Å². The number of aromatic nitrogens is 5. The largest absolute Gasteiger partial charge is 0.336 e. The number of benzene rings is 1. The summed E-state index contributed by atoms with van der Waals surface area (Å²) in [5.41, 5.74) is -1.59. The molecule has 0 saturated carbocycles. The molecule has 0 unspecified atom stereocenters. The fourth-order valence-corrected chi connectivity index (χ4v) is 3.43. The van der Waals surface area contributed by atoms with Crippen molar-refractivity contribution in [2.75, 3.05) is 0 Å². The van der Waals surface area contributed by atoms with Gasteiger partial charge < -0.3 is 0 Å². The van der Waals surface area contributed by atoms with E-state index in [1.807, 2.05) is 6.92 Å². The van der Waals surface area contributed by atoms with E-state index in [0.29, 0.717) is 22.2 Å².